The van der Waals surface area contributed by atoms with Crippen molar-refractivity contribution in [2.24, 2.45) is 0 Å². The van der Waals surface area contributed by atoms with Gasteiger partial charge in [0, 0.05) is 6.08 Å². The molecule has 0 saturated carbocycles. The summed E-state index contributed by atoms with van der Waals surface area (Å²) in [5, 5.41) is 4.89. The smallest absolute Gasteiger partial charge is 0.268 e. The van der Waals surface area contributed by atoms with Crippen molar-refractivity contribution in [3.63, 3.8) is 0 Å². The third-order valence-electron chi connectivity index (χ3n) is 1.76. The van der Waals surface area contributed by atoms with Gasteiger partial charge in [0.15, 0.2) is 0 Å². The molecule has 5 nitrogen and oxygen atoms in total. The Morgan fingerprint density at radius 3 is 3.00 bits per heavy atom. The van der Waals surface area contributed by atoms with Crippen molar-refractivity contribution >= 4 is 17.9 Å². The summed E-state index contributed by atoms with van der Waals surface area (Å²) >= 11 is 0. The molecule has 1 fully saturated rings. The summed E-state index contributed by atoms with van der Waals surface area (Å²) in [6.45, 7) is 0.0222. The van der Waals surface area contributed by atoms with Gasteiger partial charge in [-0.1, -0.05) is 0 Å². The third-order valence-corrected chi connectivity index (χ3v) is 1.76. The van der Waals surface area contributed by atoms with Gasteiger partial charge in [-0.25, -0.2) is 0 Å². The molecular formula is C9H8N2O3. The molecule has 0 aliphatic carbocycles. The maximum atomic E-state index is 11.2. The summed E-state index contributed by atoms with van der Waals surface area (Å²) in [6.07, 6.45) is 2.97. The molecule has 0 aromatic carbocycles. The van der Waals surface area contributed by atoms with Crippen LogP contribution in [0.3, 0.4) is 0 Å². The van der Waals surface area contributed by atoms with E-state index in [4.69, 9.17) is 4.42 Å². The van der Waals surface area contributed by atoms with E-state index in [0.717, 1.165) is 0 Å². The Hall–Kier alpha value is -2.04. The Morgan fingerprint density at radius 2 is 2.29 bits per heavy atom. The summed E-state index contributed by atoms with van der Waals surface area (Å²) in [5.74, 6) is -0.0132. The first-order valence-electron chi connectivity index (χ1n) is 4.09. The van der Waals surface area contributed by atoms with Gasteiger partial charge in [-0.2, -0.15) is 0 Å². The molecule has 0 spiro atoms. The van der Waals surface area contributed by atoms with Gasteiger partial charge < -0.3 is 15.1 Å². The van der Waals surface area contributed by atoms with Crippen LogP contribution in [-0.2, 0) is 9.59 Å². The summed E-state index contributed by atoms with van der Waals surface area (Å²) in [7, 11) is 0. The van der Waals surface area contributed by atoms with Crippen LogP contribution in [0, 0.1) is 0 Å². The normalized spacial score (nSPS) is 19.3. The van der Waals surface area contributed by atoms with E-state index < -0.39 is 0 Å². The lowest BCUT2D eigenvalue weighted by Gasteiger charge is -2.15. The van der Waals surface area contributed by atoms with E-state index in [-0.39, 0.29) is 24.1 Å². The molecule has 2 amide bonds. The summed E-state index contributed by atoms with van der Waals surface area (Å²) in [5.41, 5.74) is 0.205. The van der Waals surface area contributed by atoms with E-state index in [2.05, 4.69) is 10.6 Å². The molecule has 1 aromatic heterocycles. The molecule has 1 aliphatic rings. The van der Waals surface area contributed by atoms with Gasteiger partial charge in [0.2, 0.25) is 5.91 Å². The first-order chi connectivity index (χ1) is 6.75. The Balaban J connectivity index is 2.23. The number of rotatable bonds is 1. The average molecular weight is 192 g/mol. The standard InChI is InChI=1S/C9H8N2O3/c12-8-5-10-9(13)7(11-8)4-6-2-1-3-14-6/h1-4H,5H2,(H,10,13)(H,11,12). The fourth-order valence-electron chi connectivity index (χ4n) is 1.12. The maximum absolute atomic E-state index is 11.2. The quantitative estimate of drug-likeness (QED) is 0.608. The molecule has 1 saturated heterocycles. The lowest BCUT2D eigenvalue weighted by molar-refractivity contribution is -0.127. The molecular weight excluding hydrogens is 184 g/mol. The van der Waals surface area contributed by atoms with Crippen molar-refractivity contribution in [1.82, 2.24) is 10.6 Å². The second kappa shape index (κ2) is 3.37. The fourth-order valence-corrected chi connectivity index (χ4v) is 1.12. The van der Waals surface area contributed by atoms with Crippen molar-refractivity contribution in [3.8, 4) is 0 Å². The lowest BCUT2D eigenvalue weighted by atomic mass is 10.2. The Labute approximate surface area is 79.8 Å². The predicted molar refractivity (Wildman–Crippen MR) is 47.8 cm³/mol. The summed E-state index contributed by atoms with van der Waals surface area (Å²) in [6, 6.07) is 3.40. The van der Waals surface area contributed by atoms with Crippen LogP contribution in [-0.4, -0.2) is 18.4 Å². The largest absolute Gasteiger partial charge is 0.465 e. The Kier molecular flexibility index (Phi) is 2.06. The summed E-state index contributed by atoms with van der Waals surface area (Å²) < 4.78 is 5.01. The van der Waals surface area contributed by atoms with E-state index in [0.29, 0.717) is 5.76 Å². The van der Waals surface area contributed by atoms with Gasteiger partial charge in [-0.05, 0) is 12.1 Å². The number of carbonyl (C=O) groups is 2. The van der Waals surface area contributed by atoms with Crippen LogP contribution in [0.2, 0.25) is 0 Å². The molecule has 5 heteroatoms. The number of amides is 2. The topological polar surface area (TPSA) is 71.3 Å². The van der Waals surface area contributed by atoms with Crippen LogP contribution in [0.25, 0.3) is 6.08 Å². The number of piperazine rings is 1. The van der Waals surface area contributed by atoms with Crippen molar-refractivity contribution in [1.29, 1.82) is 0 Å². The molecule has 0 radical (unpaired) electrons. The summed E-state index contributed by atoms with van der Waals surface area (Å²) in [4.78, 5) is 22.2. The molecule has 0 unspecified atom stereocenters. The highest BCUT2D eigenvalue weighted by Crippen LogP contribution is 2.06. The average Bonchev–Trinajstić information content (AvgIpc) is 2.64. The van der Waals surface area contributed by atoms with Gasteiger partial charge in [0.1, 0.15) is 11.5 Å². The second-order valence-corrected chi connectivity index (χ2v) is 2.80. The highest BCUT2D eigenvalue weighted by Gasteiger charge is 2.19. The van der Waals surface area contributed by atoms with E-state index >= 15 is 0 Å². The highest BCUT2D eigenvalue weighted by atomic mass is 16.3. The number of hydrogen-bond acceptors (Lipinski definition) is 3. The van der Waals surface area contributed by atoms with E-state index in [1.165, 1.54) is 12.3 Å². The maximum Gasteiger partial charge on any atom is 0.268 e. The molecule has 1 aromatic rings. The number of hydrogen-bond donors (Lipinski definition) is 2. The number of furan rings is 1. The SMILES string of the molecule is O=C1CNC(=O)C(=Cc2ccco2)N1. The van der Waals surface area contributed by atoms with Crippen molar-refractivity contribution in [3.05, 3.63) is 29.9 Å². The van der Waals surface area contributed by atoms with Crippen LogP contribution in [0.5, 0.6) is 0 Å². The van der Waals surface area contributed by atoms with E-state index in [9.17, 15) is 9.59 Å². The minimum Gasteiger partial charge on any atom is -0.465 e. The number of nitrogens with one attached hydrogen (secondary N) is 2. The molecule has 72 valence electrons. The molecule has 0 bridgehead atoms. The number of carbonyl (C=O) groups excluding carboxylic acids is 2. The first-order valence-corrected chi connectivity index (χ1v) is 4.09. The molecule has 2 N–H and O–H groups in total. The third kappa shape index (κ3) is 1.66. The van der Waals surface area contributed by atoms with Crippen LogP contribution in [0.1, 0.15) is 5.76 Å². The molecule has 2 rings (SSSR count). The molecule has 14 heavy (non-hydrogen) atoms. The van der Waals surface area contributed by atoms with Crippen LogP contribution >= 0.6 is 0 Å². The minimum absolute atomic E-state index is 0.0222. The van der Waals surface area contributed by atoms with E-state index in [1.54, 1.807) is 12.1 Å². The zero-order valence-corrected chi connectivity index (χ0v) is 7.24. The minimum atomic E-state index is -0.305. The van der Waals surface area contributed by atoms with Crippen LogP contribution in [0.4, 0.5) is 0 Å². The predicted octanol–water partition coefficient (Wildman–Crippen LogP) is -0.133. The van der Waals surface area contributed by atoms with E-state index in [1.807, 2.05) is 0 Å². The molecule has 2 heterocycles. The Bertz CT molecular complexity index is 392. The van der Waals surface area contributed by atoms with Gasteiger partial charge >= 0.3 is 0 Å². The van der Waals surface area contributed by atoms with Gasteiger partial charge in [-0.3, -0.25) is 9.59 Å². The van der Waals surface area contributed by atoms with Gasteiger partial charge in [0.05, 0.1) is 12.8 Å². The van der Waals surface area contributed by atoms with Crippen molar-refractivity contribution in [2.75, 3.05) is 6.54 Å². The van der Waals surface area contributed by atoms with Crippen LogP contribution < -0.4 is 10.6 Å². The van der Waals surface area contributed by atoms with Crippen LogP contribution in [0.15, 0.2) is 28.5 Å². The first kappa shape index (κ1) is 8.55. The fraction of sp³-hybridized carbons (Fsp3) is 0.111. The zero-order chi connectivity index (χ0) is 9.97. The zero-order valence-electron chi connectivity index (χ0n) is 7.24. The molecule has 1 aliphatic heterocycles. The van der Waals surface area contributed by atoms with Gasteiger partial charge in [0.25, 0.3) is 5.91 Å². The van der Waals surface area contributed by atoms with Crippen molar-refractivity contribution < 1.29 is 14.0 Å². The monoisotopic (exact) mass is 192 g/mol. The van der Waals surface area contributed by atoms with Gasteiger partial charge in [-0.15, -0.1) is 0 Å². The van der Waals surface area contributed by atoms with Crippen molar-refractivity contribution in [2.45, 2.75) is 0 Å². The lowest BCUT2D eigenvalue weighted by Crippen LogP contribution is -2.46. The highest BCUT2D eigenvalue weighted by molar-refractivity contribution is 6.05. The second-order valence-electron chi connectivity index (χ2n) is 2.80. The molecule has 0 atom stereocenters. The Morgan fingerprint density at radius 1 is 1.43 bits per heavy atom.